The quantitative estimate of drug-likeness (QED) is 0.00808. The van der Waals surface area contributed by atoms with Crippen LogP contribution in [0.25, 0.3) is 0 Å². The van der Waals surface area contributed by atoms with Gasteiger partial charge in [-0.2, -0.15) is 0 Å². The molecule has 4 aromatic carbocycles. The van der Waals surface area contributed by atoms with Crippen molar-refractivity contribution in [3.8, 4) is 28.7 Å². The minimum Gasteiger partial charge on any atom is -0.493 e. The molecule has 8 rings (SSSR count). The molecule has 36 nitrogen and oxygen atoms in total. The first-order valence-electron chi connectivity index (χ1n) is 41.7. The lowest BCUT2D eigenvalue weighted by Gasteiger charge is -2.43. The maximum absolute atomic E-state index is 14.6. The fourth-order valence-corrected chi connectivity index (χ4v) is 14.3. The molecule has 690 valence electrons. The van der Waals surface area contributed by atoms with E-state index in [0.29, 0.717) is 65.9 Å². The molecule has 12 atom stereocenters. The Kier molecular flexibility index (Phi) is 36.2. The zero-order valence-corrected chi connectivity index (χ0v) is 74.6. The van der Waals surface area contributed by atoms with Gasteiger partial charge in [-0.3, -0.25) is 53.8 Å². The Morgan fingerprint density at radius 1 is 0.492 bits per heavy atom. The summed E-state index contributed by atoms with van der Waals surface area (Å²) < 4.78 is 93.5. The van der Waals surface area contributed by atoms with E-state index in [-0.39, 0.29) is 139 Å². The largest absolute Gasteiger partial charge is 0.493 e. The first kappa shape index (κ1) is 100.0. The van der Waals surface area contributed by atoms with Crippen molar-refractivity contribution in [1.82, 2.24) is 14.9 Å². The summed E-state index contributed by atoms with van der Waals surface area (Å²) in [5.74, 6) is -5.33. The van der Waals surface area contributed by atoms with Crippen LogP contribution in [0.1, 0.15) is 213 Å². The first-order valence-corrected chi connectivity index (χ1v) is 41.7. The van der Waals surface area contributed by atoms with Crippen molar-refractivity contribution in [2.45, 2.75) is 247 Å². The molecule has 4 heterocycles. The van der Waals surface area contributed by atoms with E-state index < -0.39 is 170 Å². The third-order valence-electron chi connectivity index (χ3n) is 20.7. The number of nitrogens with one attached hydrogen (secondary N) is 2. The van der Waals surface area contributed by atoms with Crippen LogP contribution in [0.2, 0.25) is 0 Å². The van der Waals surface area contributed by atoms with Gasteiger partial charge in [-0.1, -0.05) is 55.3 Å². The van der Waals surface area contributed by atoms with Gasteiger partial charge in [-0.25, -0.2) is 19.2 Å². The van der Waals surface area contributed by atoms with Gasteiger partial charge in [0.15, 0.2) is 23.1 Å². The summed E-state index contributed by atoms with van der Waals surface area (Å²) in [5.41, 5.74) is 0.245. The van der Waals surface area contributed by atoms with Crippen molar-refractivity contribution < 1.29 is 148 Å². The van der Waals surface area contributed by atoms with Gasteiger partial charge >= 0.3 is 48.3 Å². The molecule has 4 aliphatic heterocycles. The number of methoxy groups -OCH3 is 2. The molecular weight excluding hydrogens is 1650 g/mol. The van der Waals surface area contributed by atoms with Crippen LogP contribution in [-0.4, -0.2) is 236 Å². The summed E-state index contributed by atoms with van der Waals surface area (Å²) in [4.78, 5) is 171. The Morgan fingerprint density at radius 3 is 1.30 bits per heavy atom. The second-order valence-corrected chi connectivity index (χ2v) is 33.3. The number of anilines is 2. The Balaban J connectivity index is 0.976. The molecule has 0 saturated carbocycles. The maximum atomic E-state index is 14.6. The highest BCUT2D eigenvalue weighted by molar-refractivity contribution is 6.05. The number of esters is 4. The van der Waals surface area contributed by atoms with Gasteiger partial charge in [0.05, 0.1) is 98.1 Å². The average molecular weight is 1770 g/mol. The van der Waals surface area contributed by atoms with Gasteiger partial charge in [-0.15, -0.1) is 0 Å². The lowest BCUT2D eigenvalue weighted by Crippen LogP contribution is -2.57. The van der Waals surface area contributed by atoms with E-state index in [1.807, 2.05) is 0 Å². The van der Waals surface area contributed by atoms with E-state index in [2.05, 4.69) is 23.8 Å². The number of Topliss-reactive ketones (excluding diaryl/α,β-unsaturated/α-hetero) is 2. The van der Waals surface area contributed by atoms with Crippen LogP contribution in [0.4, 0.5) is 30.6 Å². The van der Waals surface area contributed by atoms with Crippen LogP contribution in [0.5, 0.6) is 28.7 Å². The number of ether oxygens (including phenoxy) is 16. The number of unbranched alkanes of at least 4 members (excludes halogenated alkanes) is 2. The number of hydroxylamine groups is 2. The standard InChI is InChI=1S/C90H119N5O31/c1-49-35-62(45-96)93(43-49)81(104)64-37-51(3)74(41-68(64)91-85(106)114-47-61-28-30-73(124-84-80(122-59(11)101)78(120-57(9)99)53(5)55(7)118-84)67(39-61)71(103)26-24-34-116-95(87(108)125-89(12,13)14)88(109)126-90(15,16)17)112-32-21-20-22-33-113-76-42-69(65(40-75(76)111-19)82(105)94-44-50(2)36-63(94)46-97)92-86(107)115-48-60-27-29-72(66(38-60)70(102)25-23-31-110-18)123-83-79(121-58(10)100)77(119-56(8)98)52(4)54(6)117-83/h27-30,37-42,52-55,62-63,77-80,83-84,96-97H,1-2,20-26,31-36,43-48H2,3-19H3,(H,91,106)(H,92,107)/t52-,53-,54-,55-,62+,63+,77+,78+,79-,80-,83+,84+/m1/s1. The number of rotatable bonds is 38. The van der Waals surface area contributed by atoms with Crippen LogP contribution in [0, 0.1) is 18.8 Å². The lowest BCUT2D eigenvalue weighted by atomic mass is 9.91. The highest BCUT2D eigenvalue weighted by Crippen LogP contribution is 2.40. The number of likely N-dealkylation sites (tertiary alicyclic amines) is 2. The summed E-state index contributed by atoms with van der Waals surface area (Å²) >= 11 is 0. The molecule has 0 radical (unpaired) electrons. The Hall–Kier alpha value is -11.4. The number of aliphatic hydroxyl groups is 2. The van der Waals surface area contributed by atoms with E-state index in [0.717, 1.165) is 6.92 Å². The highest BCUT2D eigenvalue weighted by atomic mass is 16.8. The smallest absolute Gasteiger partial charge is 0.444 e. The molecule has 4 N–H and O–H groups in total. The summed E-state index contributed by atoms with van der Waals surface area (Å²) in [6.45, 7) is 29.7. The molecule has 4 saturated heterocycles. The molecule has 0 aromatic heterocycles. The molecule has 4 fully saturated rings. The predicted octanol–water partition coefficient (Wildman–Crippen LogP) is 12.6. The normalized spacial score (nSPS) is 21.1. The molecule has 36 heteroatoms. The summed E-state index contributed by atoms with van der Waals surface area (Å²) in [6, 6.07) is 13.3. The Bertz CT molecular complexity index is 4580. The third-order valence-corrected chi connectivity index (χ3v) is 20.7. The van der Waals surface area contributed by atoms with Crippen LogP contribution in [-0.2, 0) is 89.3 Å². The minimum atomic E-state index is -1.45. The number of aryl methyl sites for hydroxylation is 1. The van der Waals surface area contributed by atoms with Gasteiger partial charge in [0, 0.05) is 91.3 Å². The molecule has 0 spiro atoms. The van der Waals surface area contributed by atoms with Gasteiger partial charge in [-0.05, 0) is 160 Å². The van der Waals surface area contributed by atoms with Crippen molar-refractivity contribution in [3.05, 3.63) is 124 Å². The molecule has 126 heavy (non-hydrogen) atoms. The van der Waals surface area contributed by atoms with E-state index in [9.17, 15) is 67.7 Å². The fourth-order valence-electron chi connectivity index (χ4n) is 14.3. The molecule has 0 bridgehead atoms. The average Bonchev–Trinajstić information content (AvgIpc) is 1.44. The van der Waals surface area contributed by atoms with Gasteiger partial charge in [0.1, 0.15) is 53.9 Å². The van der Waals surface area contributed by atoms with Crippen molar-refractivity contribution in [2.24, 2.45) is 11.8 Å². The Morgan fingerprint density at radius 2 is 0.897 bits per heavy atom. The lowest BCUT2D eigenvalue weighted by molar-refractivity contribution is -0.263. The van der Waals surface area contributed by atoms with E-state index in [4.69, 9.17) is 80.6 Å². The number of aliphatic hydroxyl groups excluding tert-OH is 2. The molecule has 6 amide bonds. The van der Waals surface area contributed by atoms with Gasteiger partial charge in [0.25, 0.3) is 11.8 Å². The second-order valence-electron chi connectivity index (χ2n) is 33.3. The van der Waals surface area contributed by atoms with Crippen molar-refractivity contribution in [2.75, 3.05) is 77.6 Å². The van der Waals surface area contributed by atoms with Gasteiger partial charge in [0.2, 0.25) is 24.8 Å². The van der Waals surface area contributed by atoms with Crippen molar-refractivity contribution in [3.63, 3.8) is 0 Å². The summed E-state index contributed by atoms with van der Waals surface area (Å²) in [7, 11) is 2.87. The zero-order chi connectivity index (χ0) is 92.8. The number of hydrogen-bond donors (Lipinski definition) is 4. The van der Waals surface area contributed by atoms with Crippen LogP contribution < -0.4 is 34.3 Å². The van der Waals surface area contributed by atoms with E-state index in [1.165, 1.54) is 99.4 Å². The monoisotopic (exact) mass is 1770 g/mol. The first-order chi connectivity index (χ1) is 59.5. The van der Waals surface area contributed by atoms with E-state index >= 15 is 0 Å². The van der Waals surface area contributed by atoms with Crippen LogP contribution >= 0.6 is 0 Å². The fraction of sp³-hybridized carbons (Fsp3) is 0.556. The number of carbonyl (C=O) groups is 12. The molecule has 0 aliphatic carbocycles. The topological polar surface area (TPSA) is 436 Å². The second kappa shape index (κ2) is 45.6. The van der Waals surface area contributed by atoms with Crippen molar-refractivity contribution in [1.29, 1.82) is 0 Å². The summed E-state index contributed by atoms with van der Waals surface area (Å²) in [6.07, 6.45) is -11.0. The number of carbonyl (C=O) groups excluding carboxylic acids is 12. The zero-order valence-electron chi connectivity index (χ0n) is 74.6. The number of ketones is 2. The van der Waals surface area contributed by atoms with Crippen molar-refractivity contribution >= 4 is 83.0 Å². The number of amides is 6. The summed E-state index contributed by atoms with van der Waals surface area (Å²) in [5, 5.41) is 26.4. The Labute approximate surface area is 732 Å². The maximum Gasteiger partial charge on any atom is 0.444 e. The third kappa shape index (κ3) is 28.3. The molecular formula is C90H119N5O31. The number of hydrogen-bond acceptors (Lipinski definition) is 31. The molecule has 4 aromatic rings. The van der Waals surface area contributed by atoms with Gasteiger partial charge < -0.3 is 95.8 Å². The number of nitrogens with zero attached hydrogens (tertiary/aromatic N) is 3. The van der Waals surface area contributed by atoms with Crippen LogP contribution in [0.3, 0.4) is 0 Å². The predicted molar refractivity (Wildman–Crippen MR) is 451 cm³/mol. The van der Waals surface area contributed by atoms with E-state index in [1.54, 1.807) is 82.2 Å². The number of imide groups is 1. The number of benzene rings is 4. The highest BCUT2D eigenvalue weighted by Gasteiger charge is 2.50. The SMILES string of the molecule is C=C1C[C@@H](CO)N(C(=O)c2cc(C)c(OCCCCCOc3cc(NC(=O)OCc4ccc(O[C@@H]5O[C@H](C)[C@@H](C)[C@H](OC(C)=O)[C@H]5OC(C)=O)c(C(=O)CCCOC)c4)c(C(=O)N4CC(=C)C[C@H]4CO)cc3OC)cc2NC(=O)OCc2ccc(O[C@@H]3O[C@H](C)[C@@H](C)[C@H](OC(C)=O)[C@H]3OC(C)=O)c(C(=O)CCCON(C(=O)OC(C)(C)C)C(=O)OC(C)(C)C)c2)C1. The molecule has 4 aliphatic rings. The van der Waals surface area contributed by atoms with Crippen LogP contribution in [0.15, 0.2) is 85.0 Å². The minimum absolute atomic E-state index is 0.0129. The molecule has 0 unspecified atom stereocenters.